The molecule has 3 nitrogen and oxygen atoms in total. The first-order valence-corrected chi connectivity index (χ1v) is 10.6. The Bertz CT molecular complexity index is 607. The number of hydrogen-bond donors (Lipinski definition) is 0. The molecule has 3 aliphatic rings. The van der Waals surface area contributed by atoms with Crippen LogP contribution in [0.15, 0.2) is 23.0 Å². The molecule has 0 fully saturated rings. The van der Waals surface area contributed by atoms with Crippen LogP contribution in [-0.4, -0.2) is 23.6 Å². The minimum atomic E-state index is -0.186. The maximum atomic E-state index is 12.5. The summed E-state index contributed by atoms with van der Waals surface area (Å²) in [5.74, 6) is 1.61. The van der Waals surface area contributed by atoms with Crippen LogP contribution in [0.2, 0.25) is 0 Å². The highest BCUT2D eigenvalue weighted by Crippen LogP contribution is 2.53. The Hall–Kier alpha value is -1.09. The van der Waals surface area contributed by atoms with E-state index in [2.05, 4.69) is 40.7 Å². The van der Waals surface area contributed by atoms with Crippen LogP contribution in [0.4, 0.5) is 0 Å². The van der Waals surface area contributed by atoms with E-state index in [1.165, 1.54) is 16.9 Å². The van der Waals surface area contributed by atoms with Crippen molar-refractivity contribution in [1.82, 2.24) is 0 Å². The number of ketones is 1. The van der Waals surface area contributed by atoms with Crippen molar-refractivity contribution >= 4 is 5.78 Å². The van der Waals surface area contributed by atoms with E-state index < -0.39 is 0 Å². The van der Waals surface area contributed by atoms with Crippen molar-refractivity contribution in [3.63, 3.8) is 0 Å². The number of allylic oxidation sites excluding steroid dienone is 4. The van der Waals surface area contributed by atoms with Gasteiger partial charge in [-0.3, -0.25) is 4.79 Å². The standard InChI is InChI=1S/C23H36O3/c1-6-23-15-14-20-18(19(23)12-13-21(23)24)11-10-17(25-20)9-7-8-16(2)26-22(3,4)5/h12,16-17H,6-11,13-15H2,1-5H3/t16?,17?,23-/m0/s1. The summed E-state index contributed by atoms with van der Waals surface area (Å²) in [6.07, 6.45) is 11.7. The number of fused-ring (bicyclic) bond motifs is 2. The van der Waals surface area contributed by atoms with Gasteiger partial charge < -0.3 is 9.47 Å². The number of hydrogen-bond acceptors (Lipinski definition) is 3. The molecule has 0 bridgehead atoms. The van der Waals surface area contributed by atoms with Crippen LogP contribution in [-0.2, 0) is 14.3 Å². The number of Topliss-reactive ketones (excluding diaryl/α,β-unsaturated/α-hetero) is 1. The highest BCUT2D eigenvalue weighted by molar-refractivity contribution is 5.94. The Morgan fingerprint density at radius 3 is 2.81 bits per heavy atom. The zero-order valence-electron chi connectivity index (χ0n) is 17.3. The molecule has 0 amide bonds. The lowest BCUT2D eigenvalue weighted by Crippen LogP contribution is -2.35. The molecular weight excluding hydrogens is 324 g/mol. The number of carbonyl (C=O) groups excluding carboxylic acids is 1. The Morgan fingerprint density at radius 1 is 1.35 bits per heavy atom. The van der Waals surface area contributed by atoms with Crippen LogP contribution in [0.3, 0.4) is 0 Å². The van der Waals surface area contributed by atoms with Gasteiger partial charge in [-0.2, -0.15) is 0 Å². The van der Waals surface area contributed by atoms with E-state index in [0.717, 1.165) is 51.4 Å². The third kappa shape index (κ3) is 3.93. The molecule has 0 radical (unpaired) electrons. The fraction of sp³-hybridized carbons (Fsp3) is 0.783. The fourth-order valence-electron chi connectivity index (χ4n) is 5.08. The first-order chi connectivity index (χ1) is 12.2. The smallest absolute Gasteiger partial charge is 0.147 e. The highest BCUT2D eigenvalue weighted by atomic mass is 16.5. The molecule has 0 saturated carbocycles. The van der Waals surface area contributed by atoms with Crippen LogP contribution < -0.4 is 0 Å². The molecule has 0 saturated heterocycles. The Morgan fingerprint density at radius 2 is 2.12 bits per heavy atom. The second-order valence-electron chi connectivity index (χ2n) is 9.33. The Labute approximate surface area is 159 Å². The predicted molar refractivity (Wildman–Crippen MR) is 105 cm³/mol. The summed E-state index contributed by atoms with van der Waals surface area (Å²) in [6.45, 7) is 10.7. The first kappa shape index (κ1) is 19.7. The van der Waals surface area contributed by atoms with E-state index in [-0.39, 0.29) is 11.0 Å². The minimum Gasteiger partial charge on any atom is -0.494 e. The minimum absolute atomic E-state index is 0.0687. The van der Waals surface area contributed by atoms with Crippen molar-refractivity contribution < 1.29 is 14.3 Å². The summed E-state index contributed by atoms with van der Waals surface area (Å²) < 4.78 is 12.4. The summed E-state index contributed by atoms with van der Waals surface area (Å²) in [6, 6.07) is 0. The lowest BCUT2D eigenvalue weighted by molar-refractivity contribution is -0.125. The molecule has 0 spiro atoms. The third-order valence-electron chi connectivity index (χ3n) is 6.30. The monoisotopic (exact) mass is 360 g/mol. The van der Waals surface area contributed by atoms with Gasteiger partial charge in [-0.25, -0.2) is 0 Å². The average molecular weight is 361 g/mol. The van der Waals surface area contributed by atoms with E-state index in [9.17, 15) is 4.79 Å². The maximum absolute atomic E-state index is 12.5. The quantitative estimate of drug-likeness (QED) is 0.593. The molecule has 3 heteroatoms. The highest BCUT2D eigenvalue weighted by Gasteiger charge is 2.48. The fourth-order valence-corrected chi connectivity index (χ4v) is 5.08. The van der Waals surface area contributed by atoms with Crippen molar-refractivity contribution in [2.75, 3.05) is 0 Å². The number of rotatable bonds is 6. The molecule has 0 aromatic carbocycles. The van der Waals surface area contributed by atoms with Gasteiger partial charge in [-0.1, -0.05) is 13.0 Å². The van der Waals surface area contributed by atoms with Gasteiger partial charge in [0.15, 0.2) is 0 Å². The third-order valence-corrected chi connectivity index (χ3v) is 6.30. The average Bonchev–Trinajstić information content (AvgIpc) is 2.90. The van der Waals surface area contributed by atoms with Gasteiger partial charge in [0, 0.05) is 12.8 Å². The topological polar surface area (TPSA) is 35.5 Å². The number of carbonyl (C=O) groups is 1. The lowest BCUT2D eigenvalue weighted by Gasteiger charge is -2.40. The van der Waals surface area contributed by atoms with E-state index in [1.54, 1.807) is 0 Å². The summed E-state index contributed by atoms with van der Waals surface area (Å²) in [4.78, 5) is 12.5. The first-order valence-electron chi connectivity index (χ1n) is 10.6. The molecule has 0 aromatic rings. The summed E-state index contributed by atoms with van der Waals surface area (Å²) in [5.41, 5.74) is 2.43. The molecule has 26 heavy (non-hydrogen) atoms. The van der Waals surface area contributed by atoms with Gasteiger partial charge in [-0.15, -0.1) is 0 Å². The Kier molecular flexibility index (Phi) is 5.67. The summed E-state index contributed by atoms with van der Waals surface area (Å²) >= 11 is 0. The van der Waals surface area contributed by atoms with Crippen LogP contribution in [0.1, 0.15) is 92.4 Å². The van der Waals surface area contributed by atoms with Gasteiger partial charge >= 0.3 is 0 Å². The molecule has 2 unspecified atom stereocenters. The van der Waals surface area contributed by atoms with Crippen LogP contribution in [0.25, 0.3) is 0 Å². The molecule has 0 N–H and O–H groups in total. The van der Waals surface area contributed by atoms with Crippen LogP contribution >= 0.6 is 0 Å². The molecule has 1 heterocycles. The Balaban J connectivity index is 1.55. The maximum Gasteiger partial charge on any atom is 0.147 e. The lowest BCUT2D eigenvalue weighted by atomic mass is 9.67. The van der Waals surface area contributed by atoms with Crippen LogP contribution in [0.5, 0.6) is 0 Å². The molecule has 146 valence electrons. The number of ether oxygens (including phenoxy) is 2. The zero-order valence-corrected chi connectivity index (χ0v) is 17.3. The van der Waals surface area contributed by atoms with Gasteiger partial charge in [0.1, 0.15) is 5.78 Å². The van der Waals surface area contributed by atoms with Crippen molar-refractivity contribution in [3.8, 4) is 0 Å². The molecule has 3 rings (SSSR count). The van der Waals surface area contributed by atoms with E-state index >= 15 is 0 Å². The molecule has 2 aliphatic carbocycles. The predicted octanol–water partition coefficient (Wildman–Crippen LogP) is 5.88. The zero-order chi connectivity index (χ0) is 18.9. The normalized spacial score (nSPS) is 29.8. The van der Waals surface area contributed by atoms with Crippen molar-refractivity contribution in [1.29, 1.82) is 0 Å². The van der Waals surface area contributed by atoms with Crippen molar-refractivity contribution in [2.24, 2.45) is 5.41 Å². The van der Waals surface area contributed by atoms with Crippen molar-refractivity contribution in [3.05, 3.63) is 23.0 Å². The van der Waals surface area contributed by atoms with Gasteiger partial charge in [0.05, 0.1) is 29.0 Å². The summed E-state index contributed by atoms with van der Waals surface area (Å²) in [7, 11) is 0. The largest absolute Gasteiger partial charge is 0.494 e. The van der Waals surface area contributed by atoms with E-state index in [4.69, 9.17) is 9.47 Å². The molecule has 3 atom stereocenters. The van der Waals surface area contributed by atoms with Gasteiger partial charge in [-0.05, 0) is 83.8 Å². The van der Waals surface area contributed by atoms with Gasteiger partial charge in [0.2, 0.25) is 0 Å². The van der Waals surface area contributed by atoms with Crippen LogP contribution in [0, 0.1) is 5.41 Å². The second kappa shape index (κ2) is 7.50. The second-order valence-corrected chi connectivity index (χ2v) is 9.33. The van der Waals surface area contributed by atoms with E-state index in [0.29, 0.717) is 24.4 Å². The SMILES string of the molecule is CC[C@]12CCC3=C(CCC(CCCC(C)OC(C)(C)C)O3)C1=CCC2=O. The van der Waals surface area contributed by atoms with Gasteiger partial charge in [0.25, 0.3) is 0 Å². The molecule has 0 aromatic heterocycles. The molecular formula is C23H36O3. The van der Waals surface area contributed by atoms with E-state index in [1.807, 2.05) is 0 Å². The summed E-state index contributed by atoms with van der Waals surface area (Å²) in [5, 5.41) is 0. The molecule has 1 aliphatic heterocycles. The van der Waals surface area contributed by atoms with Crippen molar-refractivity contribution in [2.45, 2.75) is 110 Å².